The molecule has 1 aromatic heterocycles. The van der Waals surface area contributed by atoms with Crippen LogP contribution in [0.5, 0.6) is 5.75 Å². The second-order valence-electron chi connectivity index (χ2n) is 8.12. The molecule has 2 aromatic rings. The van der Waals surface area contributed by atoms with E-state index in [1.807, 2.05) is 29.2 Å². The SMILES string of the molecule is COc1cccc(CC(=O)N2CCCC[C@H]2c2nc(C)c3c(n2)N(C)CCC3)c1. The van der Waals surface area contributed by atoms with Gasteiger partial charge in [0, 0.05) is 31.4 Å². The maximum atomic E-state index is 13.2. The van der Waals surface area contributed by atoms with E-state index in [4.69, 9.17) is 14.7 Å². The van der Waals surface area contributed by atoms with E-state index in [9.17, 15) is 4.79 Å². The first-order chi connectivity index (χ1) is 14.1. The fourth-order valence-corrected chi connectivity index (χ4v) is 4.52. The Morgan fingerprint density at radius 3 is 2.90 bits per heavy atom. The van der Waals surface area contributed by atoms with Crippen LogP contribution in [0.25, 0.3) is 0 Å². The summed E-state index contributed by atoms with van der Waals surface area (Å²) >= 11 is 0. The van der Waals surface area contributed by atoms with Crippen LogP contribution in [-0.4, -0.2) is 48.0 Å². The number of aromatic nitrogens is 2. The number of carbonyl (C=O) groups is 1. The summed E-state index contributed by atoms with van der Waals surface area (Å²) in [7, 11) is 3.75. The number of hydrogen-bond acceptors (Lipinski definition) is 5. The summed E-state index contributed by atoms with van der Waals surface area (Å²) in [5.41, 5.74) is 3.29. The van der Waals surface area contributed by atoms with Crippen molar-refractivity contribution >= 4 is 11.7 Å². The third-order valence-corrected chi connectivity index (χ3v) is 6.10. The summed E-state index contributed by atoms with van der Waals surface area (Å²) < 4.78 is 5.30. The number of amides is 1. The molecular formula is C23H30N4O2. The van der Waals surface area contributed by atoms with E-state index in [0.717, 1.165) is 73.8 Å². The minimum Gasteiger partial charge on any atom is -0.497 e. The van der Waals surface area contributed by atoms with Gasteiger partial charge in [-0.3, -0.25) is 4.79 Å². The lowest BCUT2D eigenvalue weighted by molar-refractivity contribution is -0.134. The maximum absolute atomic E-state index is 13.2. The Morgan fingerprint density at radius 1 is 1.21 bits per heavy atom. The lowest BCUT2D eigenvalue weighted by atomic mass is 9.98. The van der Waals surface area contributed by atoms with Gasteiger partial charge >= 0.3 is 0 Å². The molecule has 6 nitrogen and oxygen atoms in total. The molecule has 29 heavy (non-hydrogen) atoms. The standard InChI is InChI=1S/C23H30N4O2/c1-16-19-10-7-12-26(2)23(19)25-22(24-16)20-11-4-5-13-27(20)21(28)15-17-8-6-9-18(14-17)29-3/h6,8-9,14,20H,4-5,7,10-13,15H2,1-3H3/t20-/m0/s1. The van der Waals surface area contributed by atoms with Gasteiger partial charge < -0.3 is 14.5 Å². The Hall–Kier alpha value is -2.63. The number of nitrogens with zero attached hydrogens (tertiary/aromatic N) is 4. The Kier molecular flexibility index (Phi) is 5.69. The van der Waals surface area contributed by atoms with Crippen LogP contribution in [0.1, 0.15) is 54.4 Å². The second kappa shape index (κ2) is 8.39. The van der Waals surface area contributed by atoms with Crippen molar-refractivity contribution in [2.24, 2.45) is 0 Å². The molecule has 6 heteroatoms. The number of hydrogen-bond donors (Lipinski definition) is 0. The van der Waals surface area contributed by atoms with Crippen molar-refractivity contribution in [3.63, 3.8) is 0 Å². The molecule has 0 radical (unpaired) electrons. The minimum atomic E-state index is -0.0406. The molecule has 1 fully saturated rings. The topological polar surface area (TPSA) is 58.6 Å². The smallest absolute Gasteiger partial charge is 0.227 e. The summed E-state index contributed by atoms with van der Waals surface area (Å²) in [6.45, 7) is 3.86. The molecule has 1 atom stereocenters. The van der Waals surface area contributed by atoms with Gasteiger partial charge in [-0.15, -0.1) is 0 Å². The molecule has 3 heterocycles. The van der Waals surface area contributed by atoms with Crippen LogP contribution in [0.2, 0.25) is 0 Å². The van der Waals surface area contributed by atoms with Gasteiger partial charge in [-0.05, 0) is 56.7 Å². The Labute approximate surface area is 172 Å². The normalized spacial score (nSPS) is 19.1. The zero-order valence-corrected chi connectivity index (χ0v) is 17.6. The van der Waals surface area contributed by atoms with Crippen molar-refractivity contribution in [1.29, 1.82) is 0 Å². The molecule has 1 saturated heterocycles. The molecule has 0 bridgehead atoms. The lowest BCUT2D eigenvalue weighted by Gasteiger charge is -2.36. The van der Waals surface area contributed by atoms with Gasteiger partial charge in [-0.25, -0.2) is 9.97 Å². The maximum Gasteiger partial charge on any atom is 0.227 e. The monoisotopic (exact) mass is 394 g/mol. The molecule has 2 aliphatic rings. The highest BCUT2D eigenvalue weighted by atomic mass is 16.5. The Balaban J connectivity index is 1.60. The number of ether oxygens (including phenoxy) is 1. The van der Waals surface area contributed by atoms with E-state index in [0.29, 0.717) is 6.42 Å². The highest BCUT2D eigenvalue weighted by molar-refractivity contribution is 5.79. The number of carbonyl (C=O) groups excluding carboxylic acids is 1. The fourth-order valence-electron chi connectivity index (χ4n) is 4.52. The number of anilines is 1. The van der Waals surface area contributed by atoms with E-state index in [1.54, 1.807) is 7.11 Å². The van der Waals surface area contributed by atoms with Gasteiger partial charge in [0.25, 0.3) is 0 Å². The van der Waals surface area contributed by atoms with Crippen molar-refractivity contribution in [3.05, 3.63) is 46.9 Å². The first-order valence-corrected chi connectivity index (χ1v) is 10.6. The quantitative estimate of drug-likeness (QED) is 0.795. The highest BCUT2D eigenvalue weighted by Gasteiger charge is 2.31. The van der Waals surface area contributed by atoms with Gasteiger partial charge in [-0.2, -0.15) is 0 Å². The molecule has 4 rings (SSSR count). The van der Waals surface area contributed by atoms with Crippen LogP contribution in [0, 0.1) is 6.92 Å². The lowest BCUT2D eigenvalue weighted by Crippen LogP contribution is -2.40. The number of piperidine rings is 1. The zero-order chi connectivity index (χ0) is 20.4. The first-order valence-electron chi connectivity index (χ1n) is 10.6. The predicted molar refractivity (Wildman–Crippen MR) is 113 cm³/mol. The molecule has 1 aromatic carbocycles. The van der Waals surface area contributed by atoms with Crippen molar-refractivity contribution in [2.45, 2.75) is 51.5 Å². The number of methoxy groups -OCH3 is 1. The predicted octanol–water partition coefficient (Wildman–Crippen LogP) is 3.47. The summed E-state index contributed by atoms with van der Waals surface area (Å²) in [4.78, 5) is 27.2. The van der Waals surface area contributed by atoms with E-state index < -0.39 is 0 Å². The number of aryl methyl sites for hydroxylation is 1. The fraction of sp³-hybridized carbons (Fsp3) is 0.522. The molecule has 0 N–H and O–H groups in total. The van der Waals surface area contributed by atoms with E-state index >= 15 is 0 Å². The van der Waals surface area contributed by atoms with Crippen LogP contribution in [-0.2, 0) is 17.6 Å². The Morgan fingerprint density at radius 2 is 2.07 bits per heavy atom. The third kappa shape index (κ3) is 4.07. The number of fused-ring (bicyclic) bond motifs is 1. The Bertz CT molecular complexity index is 898. The van der Waals surface area contributed by atoms with E-state index in [-0.39, 0.29) is 11.9 Å². The van der Waals surface area contributed by atoms with Crippen LogP contribution >= 0.6 is 0 Å². The average molecular weight is 395 g/mol. The summed E-state index contributed by atoms with van der Waals surface area (Å²) in [6, 6.07) is 7.71. The van der Waals surface area contributed by atoms with Crippen molar-refractivity contribution in [1.82, 2.24) is 14.9 Å². The molecule has 0 spiro atoms. The van der Waals surface area contributed by atoms with E-state index in [2.05, 4.69) is 18.9 Å². The zero-order valence-electron chi connectivity index (χ0n) is 17.6. The van der Waals surface area contributed by atoms with Gasteiger partial charge in [0.15, 0.2) is 5.82 Å². The highest BCUT2D eigenvalue weighted by Crippen LogP contribution is 2.33. The summed E-state index contributed by atoms with van der Waals surface area (Å²) in [5, 5.41) is 0. The van der Waals surface area contributed by atoms with Crippen LogP contribution < -0.4 is 9.64 Å². The van der Waals surface area contributed by atoms with Gasteiger partial charge in [0.1, 0.15) is 11.6 Å². The second-order valence-corrected chi connectivity index (χ2v) is 8.12. The summed E-state index contributed by atoms with van der Waals surface area (Å²) in [5.74, 6) is 2.76. The molecule has 154 valence electrons. The number of likely N-dealkylation sites (tertiary alicyclic amines) is 1. The van der Waals surface area contributed by atoms with Gasteiger partial charge in [0.05, 0.1) is 19.6 Å². The van der Waals surface area contributed by atoms with Crippen LogP contribution in [0.4, 0.5) is 5.82 Å². The number of rotatable bonds is 4. The van der Waals surface area contributed by atoms with E-state index in [1.165, 1.54) is 5.56 Å². The first kappa shape index (κ1) is 19.7. The van der Waals surface area contributed by atoms with Crippen molar-refractivity contribution in [3.8, 4) is 5.75 Å². The van der Waals surface area contributed by atoms with Crippen LogP contribution in [0.3, 0.4) is 0 Å². The molecular weight excluding hydrogens is 364 g/mol. The molecule has 0 unspecified atom stereocenters. The van der Waals surface area contributed by atoms with Crippen LogP contribution in [0.15, 0.2) is 24.3 Å². The van der Waals surface area contributed by atoms with Crippen molar-refractivity contribution in [2.75, 3.05) is 32.1 Å². The molecule has 2 aliphatic heterocycles. The minimum absolute atomic E-state index is 0.0406. The molecule has 1 amide bonds. The summed E-state index contributed by atoms with van der Waals surface area (Å²) in [6.07, 6.45) is 5.60. The van der Waals surface area contributed by atoms with Gasteiger partial charge in [-0.1, -0.05) is 12.1 Å². The largest absolute Gasteiger partial charge is 0.497 e. The third-order valence-electron chi connectivity index (χ3n) is 6.10. The average Bonchev–Trinajstić information content (AvgIpc) is 2.74. The van der Waals surface area contributed by atoms with Gasteiger partial charge in [0.2, 0.25) is 5.91 Å². The molecule has 0 aliphatic carbocycles. The number of benzene rings is 1. The van der Waals surface area contributed by atoms with Crippen molar-refractivity contribution < 1.29 is 9.53 Å². The molecule has 0 saturated carbocycles.